The number of hydrogen-bond donors (Lipinski definition) is 2. The molecule has 21 heavy (non-hydrogen) atoms. The van der Waals surface area contributed by atoms with Gasteiger partial charge in [0.2, 0.25) is 5.91 Å². The molecule has 0 radical (unpaired) electrons. The van der Waals surface area contributed by atoms with Crippen LogP contribution in [-0.4, -0.2) is 51.5 Å². The number of rotatable bonds is 5. The molecule has 1 aliphatic heterocycles. The number of carboxylic acid groups (broad SMARTS) is 1. The molecule has 2 rings (SSSR count). The summed E-state index contributed by atoms with van der Waals surface area (Å²) >= 11 is 1.26. The molecule has 0 aromatic rings. The Hall–Kier alpha value is -1.24. The second-order valence-corrected chi connectivity index (χ2v) is 7.03. The van der Waals surface area contributed by atoms with Crippen LogP contribution in [0.4, 0.5) is 4.79 Å². The van der Waals surface area contributed by atoms with Gasteiger partial charge in [0, 0.05) is 25.3 Å². The summed E-state index contributed by atoms with van der Waals surface area (Å²) in [5.74, 6) is -0.171. The lowest BCUT2D eigenvalue weighted by Crippen LogP contribution is -2.57. The Morgan fingerprint density at radius 3 is 2.86 bits per heavy atom. The quantitative estimate of drug-likeness (QED) is 0.806. The Labute approximate surface area is 128 Å². The molecule has 2 amide bonds. The minimum absolute atomic E-state index is 0.00189. The highest BCUT2D eigenvalue weighted by Gasteiger charge is 2.43. The number of aliphatic carboxylic acids is 1. The highest BCUT2D eigenvalue weighted by molar-refractivity contribution is 8.13. The molecule has 0 aromatic heterocycles. The Kier molecular flexibility index (Phi) is 5.13. The molecule has 2 unspecified atom stereocenters. The SMILES string of the molecule is CC1CCCC(NC(=O)CCN2CCSC2=O)(C(=O)O)C1. The van der Waals surface area contributed by atoms with Crippen molar-refractivity contribution in [1.29, 1.82) is 0 Å². The molecule has 7 heteroatoms. The molecule has 118 valence electrons. The summed E-state index contributed by atoms with van der Waals surface area (Å²) in [6, 6.07) is 0. The summed E-state index contributed by atoms with van der Waals surface area (Å²) in [5.41, 5.74) is -1.13. The molecule has 0 aromatic carbocycles. The first-order chi connectivity index (χ1) is 9.93. The van der Waals surface area contributed by atoms with Crippen LogP contribution in [0.5, 0.6) is 0 Å². The first-order valence-corrected chi connectivity index (χ1v) is 8.37. The zero-order chi connectivity index (χ0) is 15.5. The Balaban J connectivity index is 1.89. The average molecular weight is 314 g/mol. The summed E-state index contributed by atoms with van der Waals surface area (Å²) in [6.07, 6.45) is 2.94. The van der Waals surface area contributed by atoms with Gasteiger partial charge >= 0.3 is 5.97 Å². The van der Waals surface area contributed by atoms with Gasteiger partial charge in [-0.15, -0.1) is 0 Å². The van der Waals surface area contributed by atoms with E-state index in [1.165, 1.54) is 11.8 Å². The van der Waals surface area contributed by atoms with E-state index in [9.17, 15) is 19.5 Å². The molecule has 0 bridgehead atoms. The average Bonchev–Trinajstić information content (AvgIpc) is 2.82. The smallest absolute Gasteiger partial charge is 0.329 e. The first-order valence-electron chi connectivity index (χ1n) is 7.39. The molecule has 1 saturated carbocycles. The van der Waals surface area contributed by atoms with Gasteiger partial charge in [-0.05, 0) is 18.8 Å². The van der Waals surface area contributed by atoms with Gasteiger partial charge < -0.3 is 15.3 Å². The minimum atomic E-state index is -1.13. The van der Waals surface area contributed by atoms with E-state index in [-0.39, 0.29) is 17.6 Å². The van der Waals surface area contributed by atoms with Gasteiger partial charge in [-0.2, -0.15) is 0 Å². The first kappa shape index (κ1) is 16.1. The molecule has 1 aliphatic carbocycles. The Bertz CT molecular complexity index is 443. The molecule has 2 fully saturated rings. The standard InChI is InChI=1S/C14H22N2O4S/c1-10-3-2-5-14(9-10,12(18)19)15-11(17)4-6-16-7-8-21-13(16)20/h10H,2-9H2,1H3,(H,15,17)(H,18,19). The number of thioether (sulfide) groups is 1. The molecule has 2 aliphatic rings. The van der Waals surface area contributed by atoms with Gasteiger partial charge in [0.15, 0.2) is 0 Å². The largest absolute Gasteiger partial charge is 0.480 e. The summed E-state index contributed by atoms with van der Waals surface area (Å²) in [4.78, 5) is 36.8. The Morgan fingerprint density at radius 1 is 1.52 bits per heavy atom. The predicted octanol–water partition coefficient (Wildman–Crippen LogP) is 1.69. The number of carbonyl (C=O) groups excluding carboxylic acids is 2. The van der Waals surface area contributed by atoms with Gasteiger partial charge in [-0.1, -0.05) is 31.5 Å². The van der Waals surface area contributed by atoms with Crippen molar-refractivity contribution in [2.24, 2.45) is 5.92 Å². The van der Waals surface area contributed by atoms with E-state index in [1.54, 1.807) is 4.90 Å². The molecular weight excluding hydrogens is 292 g/mol. The fourth-order valence-corrected chi connectivity index (χ4v) is 3.96. The second-order valence-electron chi connectivity index (χ2n) is 5.99. The Morgan fingerprint density at radius 2 is 2.29 bits per heavy atom. The van der Waals surface area contributed by atoms with Crippen molar-refractivity contribution in [1.82, 2.24) is 10.2 Å². The van der Waals surface area contributed by atoms with Crippen LogP contribution in [0.1, 0.15) is 39.0 Å². The third kappa shape index (κ3) is 3.90. The van der Waals surface area contributed by atoms with E-state index in [4.69, 9.17) is 0 Å². The molecule has 1 heterocycles. The normalized spacial score (nSPS) is 29.5. The lowest BCUT2D eigenvalue weighted by molar-refractivity contribution is -0.150. The van der Waals surface area contributed by atoms with Crippen LogP contribution in [0.15, 0.2) is 0 Å². The number of hydrogen-bond acceptors (Lipinski definition) is 4. The number of nitrogens with one attached hydrogen (secondary N) is 1. The fourth-order valence-electron chi connectivity index (χ4n) is 3.11. The molecule has 6 nitrogen and oxygen atoms in total. The predicted molar refractivity (Wildman–Crippen MR) is 80.2 cm³/mol. The third-order valence-electron chi connectivity index (χ3n) is 4.24. The molecule has 0 spiro atoms. The number of amides is 2. The van der Waals surface area contributed by atoms with Gasteiger partial charge in [-0.3, -0.25) is 9.59 Å². The van der Waals surface area contributed by atoms with Crippen LogP contribution in [0.25, 0.3) is 0 Å². The minimum Gasteiger partial charge on any atom is -0.480 e. The molecule has 1 saturated heterocycles. The van der Waals surface area contributed by atoms with Crippen LogP contribution in [-0.2, 0) is 9.59 Å². The monoisotopic (exact) mass is 314 g/mol. The summed E-state index contributed by atoms with van der Waals surface area (Å²) < 4.78 is 0. The van der Waals surface area contributed by atoms with E-state index in [1.807, 2.05) is 6.92 Å². The van der Waals surface area contributed by atoms with Crippen LogP contribution >= 0.6 is 11.8 Å². The van der Waals surface area contributed by atoms with E-state index in [0.29, 0.717) is 31.8 Å². The fraction of sp³-hybridized carbons (Fsp3) is 0.786. The van der Waals surface area contributed by atoms with Crippen molar-refractivity contribution in [3.63, 3.8) is 0 Å². The maximum Gasteiger partial charge on any atom is 0.329 e. The van der Waals surface area contributed by atoms with Crippen molar-refractivity contribution < 1.29 is 19.5 Å². The van der Waals surface area contributed by atoms with Crippen molar-refractivity contribution >= 4 is 28.9 Å². The van der Waals surface area contributed by atoms with Crippen molar-refractivity contribution in [3.05, 3.63) is 0 Å². The maximum absolute atomic E-state index is 12.1. The third-order valence-corrected chi connectivity index (χ3v) is 5.13. The maximum atomic E-state index is 12.1. The molecular formula is C14H22N2O4S. The van der Waals surface area contributed by atoms with Crippen LogP contribution in [0, 0.1) is 5.92 Å². The van der Waals surface area contributed by atoms with Gasteiger partial charge in [0.25, 0.3) is 5.24 Å². The highest BCUT2D eigenvalue weighted by Crippen LogP contribution is 2.32. The van der Waals surface area contributed by atoms with Crippen molar-refractivity contribution in [3.8, 4) is 0 Å². The zero-order valence-corrected chi connectivity index (χ0v) is 13.1. The van der Waals surface area contributed by atoms with Crippen molar-refractivity contribution in [2.75, 3.05) is 18.8 Å². The summed E-state index contributed by atoms with van der Waals surface area (Å²) in [6.45, 7) is 3.05. The number of carbonyl (C=O) groups is 3. The van der Waals surface area contributed by atoms with Crippen molar-refractivity contribution in [2.45, 2.75) is 44.6 Å². The van der Waals surface area contributed by atoms with Gasteiger partial charge in [-0.25, -0.2) is 4.79 Å². The van der Waals surface area contributed by atoms with E-state index in [2.05, 4.69) is 5.32 Å². The van der Waals surface area contributed by atoms with Gasteiger partial charge in [0.1, 0.15) is 5.54 Å². The molecule has 2 atom stereocenters. The topological polar surface area (TPSA) is 86.7 Å². The lowest BCUT2D eigenvalue weighted by atomic mass is 9.76. The van der Waals surface area contributed by atoms with Crippen LogP contribution < -0.4 is 5.32 Å². The van der Waals surface area contributed by atoms with Crippen LogP contribution in [0.2, 0.25) is 0 Å². The second kappa shape index (κ2) is 6.68. The zero-order valence-electron chi connectivity index (χ0n) is 12.3. The summed E-state index contributed by atoms with van der Waals surface area (Å²) in [5, 5.41) is 12.2. The number of nitrogens with zero attached hydrogens (tertiary/aromatic N) is 1. The van der Waals surface area contributed by atoms with E-state index >= 15 is 0 Å². The summed E-state index contributed by atoms with van der Waals surface area (Å²) in [7, 11) is 0. The van der Waals surface area contributed by atoms with E-state index in [0.717, 1.165) is 18.6 Å². The van der Waals surface area contributed by atoms with Gasteiger partial charge in [0.05, 0.1) is 0 Å². The van der Waals surface area contributed by atoms with E-state index < -0.39 is 11.5 Å². The van der Waals surface area contributed by atoms with Crippen LogP contribution in [0.3, 0.4) is 0 Å². The highest BCUT2D eigenvalue weighted by atomic mass is 32.2. The lowest BCUT2D eigenvalue weighted by Gasteiger charge is -2.37. The molecule has 2 N–H and O–H groups in total. The number of carboxylic acids is 1.